The molecular weight excluding hydrogens is 310 g/mol. The number of anilines is 1. The lowest BCUT2D eigenvalue weighted by Gasteiger charge is -2.28. The summed E-state index contributed by atoms with van der Waals surface area (Å²) in [6.07, 6.45) is -0.503. The van der Waals surface area contributed by atoms with Crippen molar-refractivity contribution in [1.82, 2.24) is 10.2 Å². The van der Waals surface area contributed by atoms with Crippen molar-refractivity contribution in [3.63, 3.8) is 0 Å². The molecule has 0 aliphatic carbocycles. The molecule has 1 aromatic carbocycles. The van der Waals surface area contributed by atoms with Gasteiger partial charge in [0.15, 0.2) is 0 Å². The van der Waals surface area contributed by atoms with Gasteiger partial charge in [0.2, 0.25) is 0 Å². The summed E-state index contributed by atoms with van der Waals surface area (Å²) >= 11 is 0. The van der Waals surface area contributed by atoms with E-state index in [1.54, 1.807) is 23.1 Å². The lowest BCUT2D eigenvalue weighted by atomic mass is 10.0. The Balaban J connectivity index is 1.72. The van der Waals surface area contributed by atoms with Gasteiger partial charge in [-0.25, -0.2) is 0 Å². The Morgan fingerprint density at radius 2 is 2.04 bits per heavy atom. The molecule has 2 aliphatic heterocycles. The van der Waals surface area contributed by atoms with E-state index in [2.05, 4.69) is 10.6 Å². The first-order valence-corrected chi connectivity index (χ1v) is 8.26. The number of nitrogens with one attached hydrogen (secondary N) is 2. The lowest BCUT2D eigenvalue weighted by Crippen LogP contribution is -2.45. The van der Waals surface area contributed by atoms with E-state index in [0.717, 1.165) is 12.1 Å². The Morgan fingerprint density at radius 1 is 1.25 bits per heavy atom. The van der Waals surface area contributed by atoms with Crippen LogP contribution in [0.1, 0.15) is 15.9 Å². The summed E-state index contributed by atoms with van der Waals surface area (Å²) in [5.74, 6) is -0.219. The van der Waals surface area contributed by atoms with Gasteiger partial charge in [0.1, 0.15) is 6.10 Å². The van der Waals surface area contributed by atoms with Crippen LogP contribution in [0.3, 0.4) is 0 Å². The molecule has 7 heteroatoms. The molecule has 1 atom stereocenters. The summed E-state index contributed by atoms with van der Waals surface area (Å²) in [6, 6.07) is 5.39. The largest absolute Gasteiger partial charge is 0.378 e. The summed E-state index contributed by atoms with van der Waals surface area (Å²) in [5, 5.41) is 6.01. The third-order valence-corrected chi connectivity index (χ3v) is 4.34. The molecule has 2 fully saturated rings. The molecule has 130 valence electrons. The molecule has 1 unspecified atom stereocenters. The van der Waals surface area contributed by atoms with Gasteiger partial charge in [-0.2, -0.15) is 0 Å². The average molecular weight is 333 g/mol. The highest BCUT2D eigenvalue weighted by atomic mass is 16.5. The number of morpholine rings is 2. The highest BCUT2D eigenvalue weighted by Crippen LogP contribution is 2.21. The van der Waals surface area contributed by atoms with Crippen molar-refractivity contribution in [3.8, 4) is 0 Å². The van der Waals surface area contributed by atoms with Crippen LogP contribution in [0.4, 0.5) is 5.69 Å². The Morgan fingerprint density at radius 3 is 2.75 bits per heavy atom. The van der Waals surface area contributed by atoms with Crippen molar-refractivity contribution >= 4 is 17.5 Å². The standard InChI is InChI=1S/C17H23N3O4/c1-12-13(17(22)20-6-9-23-10-7-20)3-2-4-14(12)19-16(21)15-11-18-5-8-24-15/h2-4,15,18H,5-11H2,1H3,(H,19,21). The van der Waals surface area contributed by atoms with Crippen LogP contribution in [-0.2, 0) is 14.3 Å². The van der Waals surface area contributed by atoms with Crippen LogP contribution in [0, 0.1) is 6.92 Å². The first kappa shape index (κ1) is 16.9. The van der Waals surface area contributed by atoms with Crippen molar-refractivity contribution in [3.05, 3.63) is 29.3 Å². The molecule has 2 aliphatic rings. The monoisotopic (exact) mass is 333 g/mol. The molecule has 3 rings (SSSR count). The zero-order chi connectivity index (χ0) is 16.9. The van der Waals surface area contributed by atoms with Crippen LogP contribution in [0.25, 0.3) is 0 Å². The van der Waals surface area contributed by atoms with E-state index in [4.69, 9.17) is 9.47 Å². The second kappa shape index (κ2) is 7.74. The number of hydrogen-bond acceptors (Lipinski definition) is 5. The molecule has 0 aromatic heterocycles. The van der Waals surface area contributed by atoms with Crippen LogP contribution < -0.4 is 10.6 Å². The van der Waals surface area contributed by atoms with Crippen molar-refractivity contribution in [2.24, 2.45) is 0 Å². The predicted molar refractivity (Wildman–Crippen MR) is 89.1 cm³/mol. The Bertz CT molecular complexity index is 608. The smallest absolute Gasteiger partial charge is 0.254 e. The number of carbonyl (C=O) groups excluding carboxylic acids is 2. The molecule has 2 saturated heterocycles. The average Bonchev–Trinajstić information content (AvgIpc) is 2.64. The first-order chi connectivity index (χ1) is 11.7. The number of amides is 2. The number of carbonyl (C=O) groups is 2. The summed E-state index contributed by atoms with van der Waals surface area (Å²) in [5.41, 5.74) is 2.02. The maximum absolute atomic E-state index is 12.7. The van der Waals surface area contributed by atoms with Gasteiger partial charge in [-0.05, 0) is 24.6 Å². The van der Waals surface area contributed by atoms with Crippen molar-refractivity contribution in [2.45, 2.75) is 13.0 Å². The maximum Gasteiger partial charge on any atom is 0.254 e. The molecule has 2 heterocycles. The molecule has 24 heavy (non-hydrogen) atoms. The van der Waals surface area contributed by atoms with Crippen LogP contribution in [-0.4, -0.2) is 68.8 Å². The number of rotatable bonds is 3. The van der Waals surface area contributed by atoms with Gasteiger partial charge < -0.3 is 25.0 Å². The van der Waals surface area contributed by atoms with Gasteiger partial charge in [0.25, 0.3) is 11.8 Å². The second-order valence-corrected chi connectivity index (χ2v) is 5.94. The minimum Gasteiger partial charge on any atom is -0.378 e. The first-order valence-electron chi connectivity index (χ1n) is 8.26. The quantitative estimate of drug-likeness (QED) is 0.837. The topological polar surface area (TPSA) is 79.9 Å². The second-order valence-electron chi connectivity index (χ2n) is 5.94. The van der Waals surface area contributed by atoms with Gasteiger partial charge in [-0.3, -0.25) is 9.59 Å². The number of benzene rings is 1. The fraction of sp³-hybridized carbons (Fsp3) is 0.529. The van der Waals surface area contributed by atoms with Crippen molar-refractivity contribution < 1.29 is 19.1 Å². The van der Waals surface area contributed by atoms with E-state index >= 15 is 0 Å². The van der Waals surface area contributed by atoms with Crippen molar-refractivity contribution in [2.75, 3.05) is 51.3 Å². The molecule has 0 bridgehead atoms. The Hall–Kier alpha value is -1.96. The molecule has 0 saturated carbocycles. The van der Waals surface area contributed by atoms with E-state index < -0.39 is 6.10 Å². The van der Waals surface area contributed by atoms with Crippen LogP contribution in [0.5, 0.6) is 0 Å². The van der Waals surface area contributed by atoms with Crippen LogP contribution in [0.2, 0.25) is 0 Å². The van der Waals surface area contributed by atoms with Gasteiger partial charge in [-0.15, -0.1) is 0 Å². The van der Waals surface area contributed by atoms with Gasteiger partial charge in [-0.1, -0.05) is 6.07 Å². The third-order valence-electron chi connectivity index (χ3n) is 4.34. The minimum atomic E-state index is -0.503. The van der Waals surface area contributed by atoms with E-state index in [1.807, 2.05) is 6.92 Å². The number of ether oxygens (including phenoxy) is 2. The van der Waals surface area contributed by atoms with E-state index in [9.17, 15) is 9.59 Å². The van der Waals surface area contributed by atoms with Crippen LogP contribution >= 0.6 is 0 Å². The summed E-state index contributed by atoms with van der Waals surface area (Å²) in [4.78, 5) is 26.8. The van der Waals surface area contributed by atoms with Crippen LogP contribution in [0.15, 0.2) is 18.2 Å². The maximum atomic E-state index is 12.7. The SMILES string of the molecule is Cc1c(NC(=O)C2CNCCO2)cccc1C(=O)N1CCOCC1. The fourth-order valence-corrected chi connectivity index (χ4v) is 2.89. The normalized spacial score (nSPS) is 21.4. The molecule has 0 radical (unpaired) electrons. The molecule has 0 spiro atoms. The molecule has 7 nitrogen and oxygen atoms in total. The van der Waals surface area contributed by atoms with E-state index in [1.165, 1.54) is 0 Å². The summed E-state index contributed by atoms with van der Waals surface area (Å²) in [7, 11) is 0. The predicted octanol–water partition coefficient (Wildman–Crippen LogP) is 0.394. The number of nitrogens with zero attached hydrogens (tertiary/aromatic N) is 1. The highest BCUT2D eigenvalue weighted by Gasteiger charge is 2.24. The minimum absolute atomic E-state index is 0.0255. The summed E-state index contributed by atoms with van der Waals surface area (Å²) in [6.45, 7) is 5.94. The molecular formula is C17H23N3O4. The fourth-order valence-electron chi connectivity index (χ4n) is 2.89. The van der Waals surface area contributed by atoms with E-state index in [0.29, 0.717) is 50.7 Å². The van der Waals surface area contributed by atoms with Gasteiger partial charge in [0, 0.05) is 37.4 Å². The zero-order valence-corrected chi connectivity index (χ0v) is 13.8. The highest BCUT2D eigenvalue weighted by molar-refractivity contribution is 6.00. The molecule has 2 amide bonds. The molecule has 1 aromatic rings. The van der Waals surface area contributed by atoms with Crippen molar-refractivity contribution in [1.29, 1.82) is 0 Å². The van der Waals surface area contributed by atoms with Gasteiger partial charge >= 0.3 is 0 Å². The Kier molecular flexibility index (Phi) is 5.44. The zero-order valence-electron chi connectivity index (χ0n) is 13.8. The van der Waals surface area contributed by atoms with E-state index in [-0.39, 0.29) is 11.8 Å². The third kappa shape index (κ3) is 3.75. The van der Waals surface area contributed by atoms with Gasteiger partial charge in [0.05, 0.1) is 19.8 Å². The summed E-state index contributed by atoms with van der Waals surface area (Å²) < 4.78 is 10.7. The molecule has 2 N–H and O–H groups in total. The Labute approximate surface area is 141 Å². The number of hydrogen-bond donors (Lipinski definition) is 2. The lowest BCUT2D eigenvalue weighted by molar-refractivity contribution is -0.128.